The molecule has 2 aromatic rings. The van der Waals surface area contributed by atoms with Crippen molar-refractivity contribution in [2.45, 2.75) is 23.6 Å². The third-order valence-corrected chi connectivity index (χ3v) is 6.48. The molecule has 1 aromatic heterocycles. The van der Waals surface area contributed by atoms with Crippen LogP contribution in [-0.2, 0) is 19.6 Å². The fraction of sp³-hybridized carbons (Fsp3) is 0.250. The molecule has 1 aromatic carbocycles. The van der Waals surface area contributed by atoms with Crippen LogP contribution in [0.1, 0.15) is 12.5 Å². The van der Waals surface area contributed by atoms with Gasteiger partial charge in [0.1, 0.15) is 11.0 Å². The summed E-state index contributed by atoms with van der Waals surface area (Å²) in [5, 5.41) is 9.96. The zero-order chi connectivity index (χ0) is 23.3. The van der Waals surface area contributed by atoms with Crippen molar-refractivity contribution in [3.63, 3.8) is 0 Å². The van der Waals surface area contributed by atoms with E-state index in [2.05, 4.69) is 17.4 Å². The fourth-order valence-corrected chi connectivity index (χ4v) is 4.57. The van der Waals surface area contributed by atoms with Crippen molar-refractivity contribution in [1.82, 2.24) is 4.72 Å². The third kappa shape index (κ3) is 5.70. The first kappa shape index (κ1) is 24.5. The molecule has 0 aliphatic rings. The molecule has 0 atom stereocenters. The maximum Gasteiger partial charge on any atom is 0.357 e. The molecule has 164 valence electrons. The van der Waals surface area contributed by atoms with Gasteiger partial charge in [-0.25, -0.2) is 9.36 Å². The summed E-state index contributed by atoms with van der Waals surface area (Å²) in [6, 6.07) is 7.91. The van der Waals surface area contributed by atoms with Gasteiger partial charge in [-0.15, -0.1) is 12.6 Å². The van der Waals surface area contributed by atoms with Crippen LogP contribution < -0.4 is 14.2 Å². The van der Waals surface area contributed by atoms with Crippen molar-refractivity contribution in [3.8, 4) is 6.07 Å². The maximum absolute atomic E-state index is 13.2. The lowest BCUT2D eigenvalue weighted by Crippen LogP contribution is -2.43. The van der Waals surface area contributed by atoms with E-state index in [1.165, 1.54) is 29.1 Å². The van der Waals surface area contributed by atoms with Gasteiger partial charge in [-0.3, -0.25) is 0 Å². The number of carbonyl (C=O) groups excluding carboxylic acids is 1. The number of esters is 1. The van der Waals surface area contributed by atoms with Crippen LogP contribution in [0.25, 0.3) is 5.82 Å². The van der Waals surface area contributed by atoms with Crippen LogP contribution in [0.15, 0.2) is 52.0 Å². The lowest BCUT2D eigenvalue weighted by atomic mass is 10.2. The standard InChI is InChI=1S/C20H21ClN4O4S2/c1-5-29-20(26)15(12-22)19(25-8-6-14(7-9-25)24(3)4)23-31(27,28)18-10-13(2)16(21)11-17(18)30/h6-11H,5H2,1-4H3,(H-,23,26,30)/p+1. The van der Waals surface area contributed by atoms with Crippen molar-refractivity contribution in [3.05, 3.63) is 52.8 Å². The van der Waals surface area contributed by atoms with Crippen LogP contribution in [0.2, 0.25) is 5.02 Å². The molecular formula is C20H22ClN4O4S2+. The van der Waals surface area contributed by atoms with Crippen molar-refractivity contribution < 1.29 is 22.5 Å². The Bertz CT molecular complexity index is 1170. The normalized spacial score (nSPS) is 11.9. The number of ether oxygens (including phenoxy) is 1. The Morgan fingerprint density at radius 3 is 2.45 bits per heavy atom. The van der Waals surface area contributed by atoms with Crippen molar-refractivity contribution >= 4 is 51.7 Å². The minimum Gasteiger partial charge on any atom is -0.462 e. The number of halogens is 1. The number of aryl methyl sites for hydroxylation is 1. The molecular weight excluding hydrogens is 460 g/mol. The van der Waals surface area contributed by atoms with Gasteiger partial charge >= 0.3 is 21.8 Å². The van der Waals surface area contributed by atoms with Gasteiger partial charge in [0.25, 0.3) is 0 Å². The van der Waals surface area contributed by atoms with E-state index in [9.17, 15) is 18.5 Å². The lowest BCUT2D eigenvalue weighted by molar-refractivity contribution is -0.584. The molecule has 0 bridgehead atoms. The second-order valence-corrected chi connectivity index (χ2v) is 9.13. The molecule has 1 N–H and O–H groups in total. The number of thiol groups is 1. The highest BCUT2D eigenvalue weighted by Gasteiger charge is 2.32. The Labute approximate surface area is 192 Å². The Morgan fingerprint density at radius 1 is 1.32 bits per heavy atom. The van der Waals surface area contributed by atoms with Crippen LogP contribution in [0.5, 0.6) is 0 Å². The summed E-state index contributed by atoms with van der Waals surface area (Å²) in [6.45, 7) is 3.25. The summed E-state index contributed by atoms with van der Waals surface area (Å²) in [4.78, 5) is 14.2. The Hall–Kier alpha value is -2.74. The molecule has 8 nitrogen and oxygen atoms in total. The van der Waals surface area contributed by atoms with Crippen molar-refractivity contribution in [2.24, 2.45) is 0 Å². The molecule has 31 heavy (non-hydrogen) atoms. The number of anilines is 1. The first-order chi connectivity index (χ1) is 14.5. The Balaban J connectivity index is 2.67. The number of rotatable bonds is 7. The SMILES string of the molecule is CCOC(=O)C(C#N)=C(NS(=O)(=O)c1cc(C)c(Cl)cc1S)[n+]1ccc(N(C)C)cc1. The second kappa shape index (κ2) is 10.0. The van der Waals surface area contributed by atoms with Crippen molar-refractivity contribution in [1.29, 1.82) is 5.26 Å². The number of aromatic nitrogens is 1. The largest absolute Gasteiger partial charge is 0.462 e. The number of hydrogen-bond donors (Lipinski definition) is 2. The van der Waals surface area contributed by atoms with E-state index in [-0.39, 0.29) is 22.2 Å². The van der Waals surface area contributed by atoms with Crippen LogP contribution in [0.4, 0.5) is 5.69 Å². The highest BCUT2D eigenvalue weighted by molar-refractivity contribution is 7.90. The minimum absolute atomic E-state index is 0.0193. The Morgan fingerprint density at radius 2 is 1.94 bits per heavy atom. The minimum atomic E-state index is -4.24. The first-order valence-corrected chi connectivity index (χ1v) is 11.3. The lowest BCUT2D eigenvalue weighted by Gasteiger charge is -2.13. The van der Waals surface area contributed by atoms with Gasteiger partial charge < -0.3 is 9.64 Å². The number of benzene rings is 1. The Kier molecular flexibility index (Phi) is 7.95. The van der Waals surface area contributed by atoms with Gasteiger partial charge in [-0.1, -0.05) is 11.6 Å². The highest BCUT2D eigenvalue weighted by atomic mass is 35.5. The van der Waals surface area contributed by atoms with Gasteiger partial charge in [0.15, 0.2) is 0 Å². The monoisotopic (exact) mass is 481 g/mol. The van der Waals surface area contributed by atoms with E-state index in [1.807, 2.05) is 19.0 Å². The van der Waals surface area contributed by atoms with Crippen LogP contribution >= 0.6 is 24.2 Å². The molecule has 0 amide bonds. The van der Waals surface area contributed by atoms with Crippen LogP contribution in [0.3, 0.4) is 0 Å². The highest BCUT2D eigenvalue weighted by Crippen LogP contribution is 2.27. The zero-order valence-electron chi connectivity index (χ0n) is 17.4. The van der Waals surface area contributed by atoms with E-state index in [1.54, 1.807) is 32.0 Å². The van der Waals surface area contributed by atoms with Gasteiger partial charge in [-0.05, 0) is 31.5 Å². The van der Waals surface area contributed by atoms with E-state index >= 15 is 0 Å². The molecule has 0 fully saturated rings. The topological polar surface area (TPSA) is 103 Å². The quantitative estimate of drug-likeness (QED) is 0.207. The number of nitriles is 1. The second-order valence-electron chi connectivity index (χ2n) is 6.59. The van der Waals surface area contributed by atoms with E-state index < -0.39 is 21.6 Å². The van der Waals surface area contributed by atoms with Gasteiger partial charge in [0.05, 0.1) is 19.0 Å². The van der Waals surface area contributed by atoms with E-state index in [0.29, 0.717) is 10.6 Å². The van der Waals surface area contributed by atoms with E-state index in [0.717, 1.165) is 5.69 Å². The number of nitrogens with one attached hydrogen (secondary N) is 1. The zero-order valence-corrected chi connectivity index (χ0v) is 19.8. The van der Waals surface area contributed by atoms with Gasteiger partial charge in [-0.2, -0.15) is 18.4 Å². The summed E-state index contributed by atoms with van der Waals surface area (Å²) in [7, 11) is -0.555. The van der Waals surface area contributed by atoms with Crippen LogP contribution in [0, 0.1) is 18.3 Å². The van der Waals surface area contributed by atoms with Gasteiger partial charge in [0.2, 0.25) is 5.57 Å². The average molecular weight is 482 g/mol. The van der Waals surface area contributed by atoms with Gasteiger partial charge in [0, 0.05) is 41.8 Å². The van der Waals surface area contributed by atoms with E-state index in [4.69, 9.17) is 16.3 Å². The molecule has 0 spiro atoms. The summed E-state index contributed by atoms with van der Waals surface area (Å²) < 4.78 is 34.9. The molecule has 0 aliphatic carbocycles. The molecule has 0 aliphatic heterocycles. The molecule has 0 saturated heterocycles. The summed E-state index contributed by atoms with van der Waals surface area (Å²) in [6.07, 6.45) is 3.05. The predicted molar refractivity (Wildman–Crippen MR) is 120 cm³/mol. The number of sulfonamides is 1. The van der Waals surface area contributed by atoms with Crippen molar-refractivity contribution in [2.75, 3.05) is 25.6 Å². The smallest absolute Gasteiger partial charge is 0.357 e. The molecule has 0 unspecified atom stereocenters. The summed E-state index contributed by atoms with van der Waals surface area (Å²) >= 11 is 10.3. The predicted octanol–water partition coefficient (Wildman–Crippen LogP) is 2.52. The number of carbonyl (C=O) groups is 1. The molecule has 11 heteroatoms. The molecule has 1 heterocycles. The third-order valence-electron chi connectivity index (χ3n) is 4.18. The number of nitrogens with zero attached hydrogens (tertiary/aromatic N) is 3. The summed E-state index contributed by atoms with van der Waals surface area (Å²) in [5.74, 6) is -1.23. The molecule has 0 saturated carbocycles. The first-order valence-electron chi connectivity index (χ1n) is 9.04. The number of hydrogen-bond acceptors (Lipinski definition) is 7. The van der Waals surface area contributed by atoms with Crippen LogP contribution in [-0.4, -0.2) is 35.1 Å². The molecule has 2 rings (SSSR count). The average Bonchev–Trinajstić information content (AvgIpc) is 2.70. The fourth-order valence-electron chi connectivity index (χ4n) is 2.54. The number of pyridine rings is 1. The maximum atomic E-state index is 13.2. The molecule has 0 radical (unpaired) electrons. The summed E-state index contributed by atoms with van der Waals surface area (Å²) in [5.41, 5.74) is 0.859.